The number of amides is 2. The van der Waals surface area contributed by atoms with E-state index in [0.717, 1.165) is 30.0 Å². The lowest BCUT2D eigenvalue weighted by Crippen LogP contribution is -2.55. The molecule has 0 spiro atoms. The van der Waals surface area contributed by atoms with Crippen molar-refractivity contribution in [1.82, 2.24) is 15.5 Å². The highest BCUT2D eigenvalue weighted by Gasteiger charge is 2.35. The Morgan fingerprint density at radius 1 is 1.16 bits per heavy atom. The van der Waals surface area contributed by atoms with E-state index in [-0.39, 0.29) is 43.4 Å². The number of rotatable bonds is 8. The number of ether oxygens (including phenoxy) is 2. The molecule has 1 heterocycles. The maximum atomic E-state index is 14.1. The van der Waals surface area contributed by atoms with E-state index in [1.54, 1.807) is 14.2 Å². The summed E-state index contributed by atoms with van der Waals surface area (Å²) < 4.78 is 39.8. The Kier molecular flexibility index (Phi) is 11.9. The van der Waals surface area contributed by atoms with Gasteiger partial charge in [0, 0.05) is 31.6 Å². The van der Waals surface area contributed by atoms with E-state index in [1.165, 1.54) is 17.0 Å². The molecule has 6 atom stereocenters. The van der Waals surface area contributed by atoms with Crippen LogP contribution < -0.4 is 15.4 Å². The van der Waals surface area contributed by atoms with E-state index in [2.05, 4.69) is 17.6 Å². The number of hydrogen-bond donors (Lipinski definition) is 3. The topological polar surface area (TPSA) is 100 Å². The molecule has 8 nitrogen and oxygen atoms in total. The maximum absolute atomic E-state index is 14.1. The number of benzene rings is 2. The summed E-state index contributed by atoms with van der Waals surface area (Å²) in [7, 11) is 3.22. The van der Waals surface area contributed by atoms with Crippen molar-refractivity contribution in [3.63, 3.8) is 0 Å². The van der Waals surface area contributed by atoms with Crippen LogP contribution in [0.15, 0.2) is 48.6 Å². The third-order valence-electron chi connectivity index (χ3n) is 8.66. The van der Waals surface area contributed by atoms with Crippen LogP contribution in [0.4, 0.5) is 8.78 Å². The predicted molar refractivity (Wildman–Crippen MR) is 164 cm³/mol. The van der Waals surface area contributed by atoms with Crippen LogP contribution in [0.3, 0.4) is 0 Å². The van der Waals surface area contributed by atoms with Gasteiger partial charge in [0.15, 0.2) is 0 Å². The van der Waals surface area contributed by atoms with E-state index in [4.69, 9.17) is 9.47 Å². The second-order valence-electron chi connectivity index (χ2n) is 11.9. The lowest BCUT2D eigenvalue weighted by Gasteiger charge is -2.32. The molecule has 2 aromatic carbocycles. The predicted octanol–water partition coefficient (Wildman–Crippen LogP) is 4.77. The number of methoxy groups -OCH3 is 1. The van der Waals surface area contributed by atoms with Crippen LogP contribution in [0.1, 0.15) is 74.8 Å². The second-order valence-corrected chi connectivity index (χ2v) is 11.9. The molecule has 44 heavy (non-hydrogen) atoms. The van der Waals surface area contributed by atoms with Crippen molar-refractivity contribution >= 4 is 11.8 Å². The number of carbonyl (C=O) groups excluding carboxylic acids is 2. The van der Waals surface area contributed by atoms with Crippen LogP contribution in [0, 0.1) is 17.6 Å². The van der Waals surface area contributed by atoms with Gasteiger partial charge in [-0.05, 0) is 66.6 Å². The first kappa shape index (κ1) is 33.6. The minimum absolute atomic E-state index is 0.0167. The SMILES string of the molecule is CCCC[C@H](C)C(=O)N(C)[C@H]1C/C=C/CO[C@H]2C[C@H](NC[C@@H](O)[C@H](Cc3cc(F)cc(F)c3)NC1=O)c1cc(OC)ccc12. The van der Waals surface area contributed by atoms with Gasteiger partial charge in [-0.3, -0.25) is 9.59 Å². The van der Waals surface area contributed by atoms with Gasteiger partial charge in [-0.2, -0.15) is 0 Å². The van der Waals surface area contributed by atoms with Crippen LogP contribution in [0.5, 0.6) is 5.75 Å². The Labute approximate surface area is 258 Å². The summed E-state index contributed by atoms with van der Waals surface area (Å²) >= 11 is 0. The molecular weight excluding hydrogens is 568 g/mol. The molecule has 4 rings (SSSR count). The van der Waals surface area contributed by atoms with Crippen molar-refractivity contribution in [3.05, 3.63) is 76.9 Å². The molecule has 0 unspecified atom stereocenters. The quantitative estimate of drug-likeness (QED) is 0.371. The molecule has 0 saturated heterocycles. The van der Waals surface area contributed by atoms with Gasteiger partial charge in [-0.25, -0.2) is 8.78 Å². The lowest BCUT2D eigenvalue weighted by atomic mass is 9.98. The van der Waals surface area contributed by atoms with Gasteiger partial charge in [-0.15, -0.1) is 0 Å². The summed E-state index contributed by atoms with van der Waals surface area (Å²) in [6.45, 7) is 4.33. The number of fused-ring (bicyclic) bond motifs is 5. The summed E-state index contributed by atoms with van der Waals surface area (Å²) in [5.74, 6) is -1.64. The molecule has 2 aliphatic rings. The number of aliphatic hydroxyl groups excluding tert-OH is 1. The minimum atomic E-state index is -1.12. The molecule has 0 radical (unpaired) electrons. The zero-order valence-corrected chi connectivity index (χ0v) is 26.0. The zero-order chi connectivity index (χ0) is 31.8. The van der Waals surface area contributed by atoms with Crippen LogP contribution in [0.2, 0.25) is 0 Å². The normalized spacial score (nSPS) is 25.6. The highest BCUT2D eigenvalue weighted by Crippen LogP contribution is 2.42. The summed E-state index contributed by atoms with van der Waals surface area (Å²) in [4.78, 5) is 28.6. The van der Waals surface area contributed by atoms with Gasteiger partial charge in [0.25, 0.3) is 0 Å². The summed E-state index contributed by atoms with van der Waals surface area (Å²) in [5, 5.41) is 17.8. The molecule has 3 N–H and O–H groups in total. The number of nitrogens with zero attached hydrogens (tertiary/aromatic N) is 1. The van der Waals surface area contributed by atoms with Crippen LogP contribution >= 0.6 is 0 Å². The Bertz CT molecular complexity index is 1300. The molecule has 1 aliphatic carbocycles. The molecule has 0 fully saturated rings. The number of likely N-dealkylation sites (N-methyl/N-ethyl adjacent to an activating group) is 1. The van der Waals surface area contributed by atoms with E-state index < -0.39 is 35.7 Å². The van der Waals surface area contributed by atoms with Gasteiger partial charge in [-0.1, -0.05) is 44.9 Å². The van der Waals surface area contributed by atoms with Crippen LogP contribution in [0.25, 0.3) is 0 Å². The Morgan fingerprint density at radius 3 is 2.61 bits per heavy atom. The van der Waals surface area contributed by atoms with Crippen molar-refractivity contribution in [2.75, 3.05) is 27.3 Å². The van der Waals surface area contributed by atoms with E-state index in [0.29, 0.717) is 30.8 Å². The number of β-amino-alcohol motifs (C(OH)–C–C–N with tert-alkyl or cyclic N) is 1. The average molecular weight is 614 g/mol. The van der Waals surface area contributed by atoms with Crippen LogP contribution in [-0.4, -0.2) is 67.3 Å². The molecule has 240 valence electrons. The average Bonchev–Trinajstić information content (AvgIpc) is 3.34. The van der Waals surface area contributed by atoms with Gasteiger partial charge in [0.05, 0.1) is 32.0 Å². The third-order valence-corrected chi connectivity index (χ3v) is 8.66. The maximum Gasteiger partial charge on any atom is 0.243 e. The van der Waals surface area contributed by atoms with E-state index >= 15 is 0 Å². The fourth-order valence-electron chi connectivity index (χ4n) is 6.09. The largest absolute Gasteiger partial charge is 0.497 e. The fourth-order valence-corrected chi connectivity index (χ4v) is 6.09. The first-order valence-electron chi connectivity index (χ1n) is 15.5. The minimum Gasteiger partial charge on any atom is -0.497 e. The second kappa shape index (κ2) is 15.6. The van der Waals surface area contributed by atoms with Crippen molar-refractivity contribution in [3.8, 4) is 5.75 Å². The molecule has 1 aliphatic heterocycles. The fraction of sp³-hybridized carbons (Fsp3) is 0.529. The number of halogens is 2. The summed E-state index contributed by atoms with van der Waals surface area (Å²) in [5.41, 5.74) is 2.33. The molecular formula is C34H45F2N3O5. The zero-order valence-electron chi connectivity index (χ0n) is 26.0. The van der Waals surface area contributed by atoms with Gasteiger partial charge in [0.2, 0.25) is 11.8 Å². The first-order chi connectivity index (χ1) is 21.1. The number of aliphatic hydroxyl groups is 1. The molecule has 0 saturated carbocycles. The summed E-state index contributed by atoms with van der Waals surface area (Å²) in [6, 6.07) is 7.09. The first-order valence-corrected chi connectivity index (χ1v) is 15.5. The third kappa shape index (κ3) is 8.43. The van der Waals surface area contributed by atoms with Crippen molar-refractivity contribution in [1.29, 1.82) is 0 Å². The highest BCUT2D eigenvalue weighted by molar-refractivity contribution is 5.88. The summed E-state index contributed by atoms with van der Waals surface area (Å²) in [6.07, 6.45) is 5.79. The Hall–Kier alpha value is -3.34. The molecule has 2 bridgehead atoms. The smallest absolute Gasteiger partial charge is 0.243 e. The molecule has 2 amide bonds. The van der Waals surface area contributed by atoms with Crippen molar-refractivity contribution in [2.45, 2.75) is 82.7 Å². The molecule has 2 aromatic rings. The molecule has 10 heteroatoms. The monoisotopic (exact) mass is 613 g/mol. The van der Waals surface area contributed by atoms with Gasteiger partial charge < -0.3 is 30.1 Å². The van der Waals surface area contributed by atoms with Gasteiger partial charge >= 0.3 is 0 Å². The highest BCUT2D eigenvalue weighted by atomic mass is 19.1. The number of unbranched alkanes of at least 4 members (excludes halogenated alkanes) is 1. The van der Waals surface area contributed by atoms with Crippen molar-refractivity contribution < 1.29 is 33.0 Å². The number of hydrogen-bond acceptors (Lipinski definition) is 6. The lowest BCUT2D eigenvalue weighted by molar-refractivity contribution is -0.142. The Morgan fingerprint density at radius 2 is 1.91 bits per heavy atom. The van der Waals surface area contributed by atoms with Crippen molar-refractivity contribution in [2.24, 2.45) is 5.92 Å². The number of nitrogens with one attached hydrogen (secondary N) is 2. The Balaban J connectivity index is 1.64. The van der Waals surface area contributed by atoms with E-state index in [9.17, 15) is 23.5 Å². The van der Waals surface area contributed by atoms with Gasteiger partial charge in [0.1, 0.15) is 23.4 Å². The van der Waals surface area contributed by atoms with E-state index in [1.807, 2.05) is 37.3 Å². The standard InChI is InChI=1S/C34H45F2N3O5/c1-5-6-9-21(2)34(42)39(3)30-10-7-8-13-44-32-19-28(27-18-25(43-4)11-12-26(27)32)37-20-31(40)29(38-33(30)41)16-22-14-23(35)17-24(36)15-22/h7-8,11-12,14-15,17-18,21,28-32,37,40H,5-6,9-10,13,16,19-20H2,1-4H3,(H,38,41)/b8-7+/t21-,28-,29-,30-,31+,32-/m0/s1. The number of carbonyl (C=O) groups is 2. The molecule has 0 aromatic heterocycles. The van der Waals surface area contributed by atoms with Crippen LogP contribution in [-0.2, 0) is 20.7 Å².